The molecule has 1 saturated carbocycles. The minimum Gasteiger partial charge on any atom is -0.454 e. The van der Waals surface area contributed by atoms with Crippen LogP contribution in [0.15, 0.2) is 18.2 Å². The first-order valence-corrected chi connectivity index (χ1v) is 9.93. The molecule has 0 spiro atoms. The highest BCUT2D eigenvalue weighted by atomic mass is 35.5. The fraction of sp³-hybridized carbons (Fsp3) is 0.526. The van der Waals surface area contributed by atoms with Crippen molar-refractivity contribution in [2.75, 3.05) is 13.2 Å². The number of carbonyl (C=O) groups excluding carboxylic acids is 3. The molecular formula is C19H22Cl2N2O4. The van der Waals surface area contributed by atoms with Crippen LogP contribution in [-0.2, 0) is 14.3 Å². The van der Waals surface area contributed by atoms with Crippen molar-refractivity contribution in [2.24, 2.45) is 0 Å². The zero-order valence-corrected chi connectivity index (χ0v) is 16.4. The first kappa shape index (κ1) is 20.0. The molecule has 1 heterocycles. The lowest BCUT2D eigenvalue weighted by atomic mass is 10.1. The Labute approximate surface area is 168 Å². The number of hydrogen-bond acceptors (Lipinski definition) is 4. The van der Waals surface area contributed by atoms with E-state index in [1.165, 1.54) is 11.0 Å². The molecule has 8 heteroatoms. The molecule has 3 rings (SSSR count). The summed E-state index contributed by atoms with van der Waals surface area (Å²) in [5, 5.41) is 3.54. The van der Waals surface area contributed by atoms with Gasteiger partial charge in [0.2, 0.25) is 0 Å². The van der Waals surface area contributed by atoms with Gasteiger partial charge in [-0.3, -0.25) is 9.59 Å². The number of nitrogens with one attached hydrogen (secondary N) is 1. The zero-order valence-electron chi connectivity index (χ0n) is 14.9. The Morgan fingerprint density at radius 1 is 1.11 bits per heavy atom. The summed E-state index contributed by atoms with van der Waals surface area (Å²) >= 11 is 12.1. The molecule has 1 aliphatic carbocycles. The van der Waals surface area contributed by atoms with Crippen LogP contribution in [0, 0.1) is 0 Å². The molecule has 1 saturated heterocycles. The normalized spacial score (nSPS) is 19.9. The predicted octanol–water partition coefficient (Wildman–Crippen LogP) is 3.20. The summed E-state index contributed by atoms with van der Waals surface area (Å²) in [4.78, 5) is 38.6. The summed E-state index contributed by atoms with van der Waals surface area (Å²) < 4.78 is 5.16. The Bertz CT molecular complexity index is 734. The van der Waals surface area contributed by atoms with Crippen LogP contribution in [0.5, 0.6) is 0 Å². The van der Waals surface area contributed by atoms with E-state index in [2.05, 4.69) is 5.32 Å². The number of halogens is 2. The third kappa shape index (κ3) is 4.93. The van der Waals surface area contributed by atoms with Gasteiger partial charge in [-0.1, -0.05) is 36.0 Å². The lowest BCUT2D eigenvalue weighted by Gasteiger charge is -2.24. The lowest BCUT2D eigenvalue weighted by molar-refractivity contribution is -0.152. The molecule has 1 atom stereocenters. The fourth-order valence-electron chi connectivity index (χ4n) is 3.64. The van der Waals surface area contributed by atoms with Crippen molar-refractivity contribution in [3.63, 3.8) is 0 Å². The van der Waals surface area contributed by atoms with E-state index in [4.69, 9.17) is 27.9 Å². The monoisotopic (exact) mass is 412 g/mol. The highest BCUT2D eigenvalue weighted by Crippen LogP contribution is 2.26. The standard InChI is InChI=1S/C19H22Cl2N2O4/c20-12-7-8-15(21)14(10-12)18(25)23-9-3-6-16(23)19(26)27-11-17(24)22-13-4-1-2-5-13/h7-8,10,13,16H,1-6,9,11H2,(H,22,24). The van der Waals surface area contributed by atoms with E-state index < -0.39 is 12.0 Å². The maximum atomic E-state index is 12.8. The Morgan fingerprint density at radius 2 is 1.85 bits per heavy atom. The van der Waals surface area contributed by atoms with E-state index in [9.17, 15) is 14.4 Å². The molecular weight excluding hydrogens is 391 g/mol. The largest absolute Gasteiger partial charge is 0.454 e. The Hall–Kier alpha value is -1.79. The minimum absolute atomic E-state index is 0.172. The molecule has 1 aromatic carbocycles. The number of benzene rings is 1. The molecule has 2 aliphatic rings. The van der Waals surface area contributed by atoms with Gasteiger partial charge >= 0.3 is 5.97 Å². The summed E-state index contributed by atoms with van der Waals surface area (Å²) in [6.07, 6.45) is 5.31. The number of hydrogen-bond donors (Lipinski definition) is 1. The summed E-state index contributed by atoms with van der Waals surface area (Å²) in [6.45, 7) is 0.0987. The number of nitrogens with zero attached hydrogens (tertiary/aromatic N) is 1. The molecule has 0 aromatic heterocycles. The number of ether oxygens (including phenoxy) is 1. The van der Waals surface area contributed by atoms with Crippen molar-refractivity contribution in [1.29, 1.82) is 0 Å². The van der Waals surface area contributed by atoms with Gasteiger partial charge < -0.3 is 15.0 Å². The van der Waals surface area contributed by atoms with E-state index >= 15 is 0 Å². The number of carbonyl (C=O) groups is 3. The van der Waals surface area contributed by atoms with Crippen molar-refractivity contribution < 1.29 is 19.1 Å². The summed E-state index contributed by atoms with van der Waals surface area (Å²) in [5.41, 5.74) is 0.253. The van der Waals surface area contributed by atoms with Crippen molar-refractivity contribution in [3.8, 4) is 0 Å². The second kappa shape index (κ2) is 8.93. The van der Waals surface area contributed by atoms with Gasteiger partial charge in [0.25, 0.3) is 11.8 Å². The van der Waals surface area contributed by atoms with Crippen LogP contribution in [0.3, 0.4) is 0 Å². The van der Waals surface area contributed by atoms with Crippen LogP contribution in [0.25, 0.3) is 0 Å². The molecule has 146 valence electrons. The Kier molecular flexibility index (Phi) is 6.60. The van der Waals surface area contributed by atoms with E-state index in [0.717, 1.165) is 25.7 Å². The summed E-state index contributed by atoms with van der Waals surface area (Å²) in [5.74, 6) is -1.23. The number of rotatable bonds is 5. The summed E-state index contributed by atoms with van der Waals surface area (Å²) in [6, 6.07) is 4.09. The van der Waals surface area contributed by atoms with Gasteiger partial charge in [0.05, 0.1) is 10.6 Å². The van der Waals surface area contributed by atoms with Crippen molar-refractivity contribution in [3.05, 3.63) is 33.8 Å². The number of esters is 1. The SMILES string of the molecule is O=C(COC(=O)C1CCCN1C(=O)c1cc(Cl)ccc1Cl)NC1CCCC1. The maximum absolute atomic E-state index is 12.8. The van der Waals surface area contributed by atoms with Gasteiger partial charge in [0.1, 0.15) is 6.04 Å². The molecule has 0 radical (unpaired) electrons. The maximum Gasteiger partial charge on any atom is 0.329 e. The van der Waals surface area contributed by atoms with E-state index in [1.54, 1.807) is 12.1 Å². The Morgan fingerprint density at radius 3 is 2.59 bits per heavy atom. The van der Waals surface area contributed by atoms with Gasteiger partial charge in [-0.05, 0) is 43.9 Å². The van der Waals surface area contributed by atoms with Gasteiger partial charge in [0, 0.05) is 17.6 Å². The minimum atomic E-state index is -0.716. The van der Waals surface area contributed by atoms with Gasteiger partial charge in [-0.25, -0.2) is 4.79 Å². The smallest absolute Gasteiger partial charge is 0.329 e. The lowest BCUT2D eigenvalue weighted by Crippen LogP contribution is -2.43. The van der Waals surface area contributed by atoms with Gasteiger partial charge in [0.15, 0.2) is 6.61 Å². The fourth-order valence-corrected chi connectivity index (χ4v) is 4.01. The molecule has 1 aromatic rings. The molecule has 2 amide bonds. The van der Waals surface area contributed by atoms with E-state index in [0.29, 0.717) is 24.4 Å². The quantitative estimate of drug-likeness (QED) is 0.753. The molecule has 1 unspecified atom stereocenters. The third-order valence-electron chi connectivity index (χ3n) is 5.01. The molecule has 0 bridgehead atoms. The van der Waals surface area contributed by atoms with Crippen LogP contribution < -0.4 is 5.32 Å². The molecule has 1 aliphatic heterocycles. The second-order valence-corrected chi connectivity index (χ2v) is 7.78. The highest BCUT2D eigenvalue weighted by Gasteiger charge is 2.36. The highest BCUT2D eigenvalue weighted by molar-refractivity contribution is 6.35. The zero-order chi connectivity index (χ0) is 19.4. The average Bonchev–Trinajstić information content (AvgIpc) is 3.33. The average molecular weight is 413 g/mol. The topological polar surface area (TPSA) is 75.7 Å². The van der Waals surface area contributed by atoms with Crippen LogP contribution in [0.1, 0.15) is 48.9 Å². The number of likely N-dealkylation sites (tertiary alicyclic amines) is 1. The van der Waals surface area contributed by atoms with Crippen molar-refractivity contribution >= 4 is 41.0 Å². The van der Waals surface area contributed by atoms with Crippen LogP contribution in [0.4, 0.5) is 0 Å². The van der Waals surface area contributed by atoms with E-state index in [1.807, 2.05) is 0 Å². The van der Waals surface area contributed by atoms with Crippen molar-refractivity contribution in [1.82, 2.24) is 10.2 Å². The second-order valence-electron chi connectivity index (χ2n) is 6.94. The summed E-state index contributed by atoms with van der Waals surface area (Å²) in [7, 11) is 0. The first-order chi connectivity index (χ1) is 13.0. The molecule has 6 nitrogen and oxygen atoms in total. The van der Waals surface area contributed by atoms with Crippen LogP contribution in [-0.4, -0.2) is 47.9 Å². The molecule has 1 N–H and O–H groups in total. The predicted molar refractivity (Wildman–Crippen MR) is 102 cm³/mol. The Balaban J connectivity index is 1.58. The van der Waals surface area contributed by atoms with E-state index in [-0.39, 0.29) is 35.0 Å². The van der Waals surface area contributed by atoms with Gasteiger partial charge in [-0.2, -0.15) is 0 Å². The molecule has 2 fully saturated rings. The van der Waals surface area contributed by atoms with Gasteiger partial charge in [-0.15, -0.1) is 0 Å². The van der Waals surface area contributed by atoms with Crippen LogP contribution in [0.2, 0.25) is 10.0 Å². The third-order valence-corrected chi connectivity index (χ3v) is 5.58. The van der Waals surface area contributed by atoms with Crippen LogP contribution >= 0.6 is 23.2 Å². The number of amides is 2. The first-order valence-electron chi connectivity index (χ1n) is 9.17. The van der Waals surface area contributed by atoms with Crippen molar-refractivity contribution in [2.45, 2.75) is 50.6 Å². The molecule has 27 heavy (non-hydrogen) atoms.